The summed E-state index contributed by atoms with van der Waals surface area (Å²) in [6, 6.07) is 5.74. The molecule has 168 valence electrons. The Balaban J connectivity index is 1.32. The van der Waals surface area contributed by atoms with Crippen molar-refractivity contribution in [1.29, 1.82) is 0 Å². The number of ether oxygens (including phenoxy) is 1. The number of pyridine rings is 1. The van der Waals surface area contributed by atoms with Gasteiger partial charge < -0.3 is 9.26 Å². The van der Waals surface area contributed by atoms with Crippen LogP contribution in [0.4, 0.5) is 8.78 Å². The van der Waals surface area contributed by atoms with Crippen molar-refractivity contribution in [2.75, 3.05) is 13.1 Å². The third-order valence-corrected chi connectivity index (χ3v) is 6.94. The second kappa shape index (κ2) is 9.09. The molecule has 1 aliphatic rings. The molecule has 1 fully saturated rings. The lowest BCUT2D eigenvalue weighted by Gasteiger charge is -2.30. The highest BCUT2D eigenvalue weighted by Crippen LogP contribution is 2.27. The molecule has 0 bridgehead atoms. The molecule has 9 nitrogen and oxygen atoms in total. The summed E-state index contributed by atoms with van der Waals surface area (Å²) in [5.74, 6) is -2.53. The van der Waals surface area contributed by atoms with Gasteiger partial charge in [0.15, 0.2) is 6.61 Å². The van der Waals surface area contributed by atoms with Crippen LogP contribution in [-0.4, -0.2) is 46.9 Å². The lowest BCUT2D eigenvalue weighted by atomic mass is 9.98. The molecule has 0 N–H and O–H groups in total. The van der Waals surface area contributed by atoms with Crippen molar-refractivity contribution in [3.8, 4) is 11.4 Å². The van der Waals surface area contributed by atoms with Crippen LogP contribution in [0.1, 0.15) is 18.7 Å². The summed E-state index contributed by atoms with van der Waals surface area (Å²) in [7, 11) is -4.22. The van der Waals surface area contributed by atoms with E-state index >= 15 is 0 Å². The average molecular weight is 464 g/mol. The van der Waals surface area contributed by atoms with Crippen LogP contribution in [0.3, 0.4) is 0 Å². The Morgan fingerprint density at radius 2 is 2.00 bits per heavy atom. The zero-order valence-corrected chi connectivity index (χ0v) is 17.5. The van der Waals surface area contributed by atoms with E-state index in [1.807, 2.05) is 0 Å². The first kappa shape index (κ1) is 22.0. The van der Waals surface area contributed by atoms with E-state index in [1.165, 1.54) is 0 Å². The number of piperidine rings is 1. The van der Waals surface area contributed by atoms with E-state index in [0.717, 1.165) is 16.4 Å². The number of carbonyl (C=O) groups excluding carboxylic acids is 1. The van der Waals surface area contributed by atoms with Crippen molar-refractivity contribution in [2.24, 2.45) is 5.92 Å². The number of benzene rings is 1. The van der Waals surface area contributed by atoms with Gasteiger partial charge >= 0.3 is 5.97 Å². The summed E-state index contributed by atoms with van der Waals surface area (Å²) in [6.45, 7) is -0.271. The third-order valence-electron chi connectivity index (χ3n) is 5.02. The van der Waals surface area contributed by atoms with Crippen molar-refractivity contribution in [1.82, 2.24) is 19.4 Å². The molecule has 2 aromatic heterocycles. The fraction of sp³-hybridized carbons (Fsp3) is 0.300. The van der Waals surface area contributed by atoms with Crippen LogP contribution in [0.15, 0.2) is 52.1 Å². The molecule has 0 unspecified atom stereocenters. The van der Waals surface area contributed by atoms with Gasteiger partial charge in [0.25, 0.3) is 5.89 Å². The number of carbonyl (C=O) groups is 1. The fourth-order valence-electron chi connectivity index (χ4n) is 3.32. The summed E-state index contributed by atoms with van der Waals surface area (Å²) in [5.41, 5.74) is 0.650. The largest absolute Gasteiger partial charge is 0.455 e. The predicted molar refractivity (Wildman–Crippen MR) is 105 cm³/mol. The van der Waals surface area contributed by atoms with E-state index in [9.17, 15) is 22.0 Å². The minimum atomic E-state index is -4.22. The maximum Gasteiger partial charge on any atom is 0.309 e. The van der Waals surface area contributed by atoms with E-state index in [0.29, 0.717) is 17.5 Å². The van der Waals surface area contributed by atoms with E-state index in [1.54, 1.807) is 24.5 Å². The smallest absolute Gasteiger partial charge is 0.309 e. The van der Waals surface area contributed by atoms with E-state index in [2.05, 4.69) is 15.1 Å². The minimum Gasteiger partial charge on any atom is -0.455 e. The lowest BCUT2D eigenvalue weighted by Crippen LogP contribution is -2.40. The number of hydrogen-bond acceptors (Lipinski definition) is 8. The summed E-state index contributed by atoms with van der Waals surface area (Å²) in [4.78, 5) is 19.8. The van der Waals surface area contributed by atoms with Crippen molar-refractivity contribution >= 4 is 16.0 Å². The second-order valence-corrected chi connectivity index (χ2v) is 9.02. The van der Waals surface area contributed by atoms with Gasteiger partial charge in [0, 0.05) is 31.0 Å². The van der Waals surface area contributed by atoms with Crippen LogP contribution in [0.5, 0.6) is 0 Å². The lowest BCUT2D eigenvalue weighted by molar-refractivity contribution is -0.152. The summed E-state index contributed by atoms with van der Waals surface area (Å²) in [5, 5.41) is 3.81. The first-order chi connectivity index (χ1) is 15.3. The number of esters is 1. The molecule has 1 aliphatic heterocycles. The quantitative estimate of drug-likeness (QED) is 0.511. The average Bonchev–Trinajstić information content (AvgIpc) is 3.29. The Morgan fingerprint density at radius 1 is 1.22 bits per heavy atom. The van der Waals surface area contributed by atoms with Crippen molar-refractivity contribution in [3.63, 3.8) is 0 Å². The Kier molecular flexibility index (Phi) is 6.24. The van der Waals surface area contributed by atoms with Crippen LogP contribution in [0.2, 0.25) is 0 Å². The fourth-order valence-corrected chi connectivity index (χ4v) is 4.87. The van der Waals surface area contributed by atoms with Gasteiger partial charge in [0.1, 0.15) is 16.5 Å². The van der Waals surface area contributed by atoms with E-state index in [-0.39, 0.29) is 38.4 Å². The van der Waals surface area contributed by atoms with Crippen LogP contribution in [-0.2, 0) is 26.2 Å². The van der Waals surface area contributed by atoms with Gasteiger partial charge in [0.05, 0.1) is 5.92 Å². The van der Waals surface area contributed by atoms with Crippen molar-refractivity contribution in [3.05, 3.63) is 60.3 Å². The molecule has 0 saturated carbocycles. The number of halogens is 2. The minimum absolute atomic E-state index is 0.0240. The Labute approximate surface area is 182 Å². The monoisotopic (exact) mass is 464 g/mol. The SMILES string of the molecule is O=C(OCc1nc(-c2cccnc2)no1)C1CCN(S(=O)(=O)c2cc(F)ccc2F)CC1. The molecular weight excluding hydrogens is 446 g/mol. The van der Waals surface area contributed by atoms with Gasteiger partial charge in [-0.05, 0) is 43.2 Å². The van der Waals surface area contributed by atoms with E-state index in [4.69, 9.17) is 9.26 Å². The van der Waals surface area contributed by atoms with Gasteiger partial charge in [-0.25, -0.2) is 17.2 Å². The molecule has 0 aliphatic carbocycles. The molecule has 0 atom stereocenters. The molecule has 0 spiro atoms. The topological polar surface area (TPSA) is 115 Å². The van der Waals surface area contributed by atoms with Gasteiger partial charge in [-0.15, -0.1) is 0 Å². The molecule has 32 heavy (non-hydrogen) atoms. The molecule has 1 aromatic carbocycles. The molecule has 1 saturated heterocycles. The summed E-state index contributed by atoms with van der Waals surface area (Å²) >= 11 is 0. The maximum absolute atomic E-state index is 13.9. The van der Waals surface area contributed by atoms with E-state index < -0.39 is 38.4 Å². The highest BCUT2D eigenvalue weighted by Gasteiger charge is 2.34. The Morgan fingerprint density at radius 3 is 2.72 bits per heavy atom. The molecule has 0 amide bonds. The Hall–Kier alpha value is -3.25. The summed E-state index contributed by atoms with van der Waals surface area (Å²) < 4.78 is 63.9. The number of sulfonamides is 1. The normalized spacial score (nSPS) is 15.6. The second-order valence-electron chi connectivity index (χ2n) is 7.11. The third kappa shape index (κ3) is 4.65. The number of nitrogens with zero attached hydrogens (tertiary/aromatic N) is 4. The van der Waals surface area contributed by atoms with Crippen LogP contribution < -0.4 is 0 Å². The van der Waals surface area contributed by atoms with Crippen LogP contribution >= 0.6 is 0 Å². The zero-order chi connectivity index (χ0) is 22.7. The van der Waals surface area contributed by atoms with Crippen molar-refractivity contribution in [2.45, 2.75) is 24.3 Å². The number of aromatic nitrogens is 3. The molecule has 3 heterocycles. The van der Waals surface area contributed by atoms with Gasteiger partial charge in [-0.2, -0.15) is 9.29 Å². The first-order valence-corrected chi connectivity index (χ1v) is 11.1. The summed E-state index contributed by atoms with van der Waals surface area (Å²) in [6.07, 6.45) is 3.54. The standard InChI is InChI=1S/C20H18F2N4O5S/c21-15-3-4-16(22)17(10-15)32(28,29)26-8-5-13(6-9-26)20(27)30-12-18-24-19(25-31-18)14-2-1-7-23-11-14/h1-4,7,10-11,13H,5-6,8-9,12H2. The molecule has 4 rings (SSSR count). The maximum atomic E-state index is 13.9. The van der Waals surface area contributed by atoms with Gasteiger partial charge in [-0.3, -0.25) is 9.78 Å². The molecular formula is C20H18F2N4O5S. The van der Waals surface area contributed by atoms with Crippen LogP contribution in [0.25, 0.3) is 11.4 Å². The first-order valence-electron chi connectivity index (χ1n) is 9.69. The van der Waals surface area contributed by atoms with Gasteiger partial charge in [0.2, 0.25) is 15.8 Å². The number of hydrogen-bond donors (Lipinski definition) is 0. The number of rotatable bonds is 6. The molecule has 3 aromatic rings. The molecule has 0 radical (unpaired) electrons. The predicted octanol–water partition coefficient (Wildman–Crippen LogP) is 2.55. The Bertz CT molecular complexity index is 1210. The van der Waals surface area contributed by atoms with Gasteiger partial charge in [-0.1, -0.05) is 5.16 Å². The van der Waals surface area contributed by atoms with Crippen molar-refractivity contribution < 1.29 is 31.3 Å². The van der Waals surface area contributed by atoms with Crippen LogP contribution in [0, 0.1) is 17.6 Å². The molecule has 12 heteroatoms. The highest BCUT2D eigenvalue weighted by molar-refractivity contribution is 7.89. The highest BCUT2D eigenvalue weighted by atomic mass is 32.2. The zero-order valence-electron chi connectivity index (χ0n) is 16.6.